The molecule has 0 bridgehead atoms. The van der Waals surface area contributed by atoms with Crippen molar-refractivity contribution in [2.24, 2.45) is 0 Å². The van der Waals surface area contributed by atoms with Crippen LogP contribution in [0.5, 0.6) is 0 Å². The predicted molar refractivity (Wildman–Crippen MR) is 104 cm³/mol. The van der Waals surface area contributed by atoms with Gasteiger partial charge in [-0.2, -0.15) is 5.10 Å². The van der Waals surface area contributed by atoms with E-state index in [4.69, 9.17) is 11.6 Å². The van der Waals surface area contributed by atoms with Gasteiger partial charge in [-0.15, -0.1) is 0 Å². The van der Waals surface area contributed by atoms with E-state index in [9.17, 15) is 0 Å². The van der Waals surface area contributed by atoms with E-state index < -0.39 is 0 Å². The number of hydrogen-bond acceptors (Lipinski definition) is 4. The molecular formula is C20H18ClN5. The number of H-pyrrole nitrogens is 1. The summed E-state index contributed by atoms with van der Waals surface area (Å²) in [5.74, 6) is 0.601. The number of rotatable bonds is 5. The molecule has 6 heteroatoms. The van der Waals surface area contributed by atoms with E-state index in [0.717, 1.165) is 18.7 Å². The largest absolute Gasteiger partial charge is 0.309 e. The molecule has 0 aliphatic heterocycles. The number of aromatic nitrogens is 4. The van der Waals surface area contributed by atoms with Crippen LogP contribution < -0.4 is 5.32 Å². The quantitative estimate of drug-likeness (QED) is 0.519. The maximum Gasteiger partial charge on any atom is 0.161 e. The summed E-state index contributed by atoms with van der Waals surface area (Å²) in [6.07, 6.45) is 1.65. The van der Waals surface area contributed by atoms with Crippen molar-refractivity contribution in [1.29, 1.82) is 0 Å². The van der Waals surface area contributed by atoms with Crippen molar-refractivity contribution < 1.29 is 0 Å². The highest BCUT2D eigenvalue weighted by Gasteiger charge is 2.09. The van der Waals surface area contributed by atoms with Crippen molar-refractivity contribution in [2.75, 3.05) is 0 Å². The molecule has 26 heavy (non-hydrogen) atoms. The smallest absolute Gasteiger partial charge is 0.161 e. The second-order valence-corrected chi connectivity index (χ2v) is 6.62. The minimum absolute atomic E-state index is 0.380. The van der Waals surface area contributed by atoms with E-state index in [1.807, 2.05) is 12.1 Å². The van der Waals surface area contributed by atoms with Crippen molar-refractivity contribution in [3.8, 4) is 11.4 Å². The number of nitrogens with one attached hydrogen (secondary N) is 2. The Morgan fingerprint density at radius 2 is 1.81 bits per heavy atom. The van der Waals surface area contributed by atoms with Crippen LogP contribution in [0.4, 0.5) is 0 Å². The highest BCUT2D eigenvalue weighted by Crippen LogP contribution is 2.23. The Kier molecular flexibility index (Phi) is 4.65. The van der Waals surface area contributed by atoms with Crippen LogP contribution in [0, 0.1) is 6.92 Å². The zero-order valence-electron chi connectivity index (χ0n) is 14.3. The Balaban J connectivity index is 1.49. The molecule has 2 heterocycles. The third kappa shape index (κ3) is 3.59. The highest BCUT2D eigenvalue weighted by molar-refractivity contribution is 6.33. The molecule has 0 fully saturated rings. The number of hydrogen-bond donors (Lipinski definition) is 2. The fourth-order valence-electron chi connectivity index (χ4n) is 2.81. The first-order valence-electron chi connectivity index (χ1n) is 8.41. The molecular weight excluding hydrogens is 346 g/mol. The number of fused-ring (bicyclic) bond motifs is 1. The summed E-state index contributed by atoms with van der Waals surface area (Å²) in [7, 11) is 0. The fraction of sp³-hybridized carbons (Fsp3) is 0.150. The van der Waals surface area contributed by atoms with E-state index in [1.165, 1.54) is 16.7 Å². The average Bonchev–Trinajstić information content (AvgIpc) is 3.13. The van der Waals surface area contributed by atoms with E-state index in [1.54, 1.807) is 6.20 Å². The summed E-state index contributed by atoms with van der Waals surface area (Å²) in [6.45, 7) is 3.69. The van der Waals surface area contributed by atoms with Crippen LogP contribution in [0.3, 0.4) is 0 Å². The van der Waals surface area contributed by atoms with E-state index in [-0.39, 0.29) is 0 Å². The lowest BCUT2D eigenvalue weighted by Crippen LogP contribution is -2.12. The summed E-state index contributed by atoms with van der Waals surface area (Å²) in [4.78, 5) is 8.92. The zero-order valence-corrected chi connectivity index (χ0v) is 15.1. The highest BCUT2D eigenvalue weighted by atomic mass is 35.5. The standard InChI is InChI=1S/C20H18ClN5/c1-13-5-7-14(8-6-13)10-22-11-15-3-2-4-16(9-15)20-24-17-12-23-26-18(17)19(21)25-20/h2-9,12,22H,10-11H2,1H3,(H,23,26). The van der Waals surface area contributed by atoms with Gasteiger partial charge in [0.05, 0.1) is 6.20 Å². The summed E-state index contributed by atoms with van der Waals surface area (Å²) in [5.41, 5.74) is 6.02. The lowest BCUT2D eigenvalue weighted by atomic mass is 10.1. The van der Waals surface area contributed by atoms with Crippen LogP contribution in [-0.2, 0) is 13.1 Å². The molecule has 5 nitrogen and oxygen atoms in total. The number of nitrogens with zero attached hydrogens (tertiary/aromatic N) is 3. The summed E-state index contributed by atoms with van der Waals surface area (Å²) < 4.78 is 0. The van der Waals surface area contributed by atoms with Gasteiger partial charge in [-0.1, -0.05) is 59.6 Å². The Labute approximate surface area is 156 Å². The van der Waals surface area contributed by atoms with Crippen molar-refractivity contribution in [2.45, 2.75) is 20.0 Å². The van der Waals surface area contributed by atoms with Gasteiger partial charge in [0, 0.05) is 18.7 Å². The molecule has 2 N–H and O–H groups in total. The Bertz CT molecular complexity index is 1040. The number of aromatic amines is 1. The van der Waals surface area contributed by atoms with Crippen LogP contribution >= 0.6 is 11.6 Å². The van der Waals surface area contributed by atoms with Gasteiger partial charge in [-0.25, -0.2) is 9.97 Å². The second-order valence-electron chi connectivity index (χ2n) is 6.26. The molecule has 0 unspecified atom stereocenters. The average molecular weight is 364 g/mol. The molecule has 0 amide bonds. The lowest BCUT2D eigenvalue weighted by molar-refractivity contribution is 0.693. The maximum absolute atomic E-state index is 6.22. The van der Waals surface area contributed by atoms with Gasteiger partial charge < -0.3 is 5.32 Å². The van der Waals surface area contributed by atoms with Crippen LogP contribution in [-0.4, -0.2) is 20.2 Å². The Hall–Kier alpha value is -2.76. The molecule has 2 aromatic heterocycles. The number of benzene rings is 2. The predicted octanol–water partition coefficient (Wildman–Crippen LogP) is 4.27. The first-order chi connectivity index (χ1) is 12.7. The lowest BCUT2D eigenvalue weighted by Gasteiger charge is -2.08. The summed E-state index contributed by atoms with van der Waals surface area (Å²) in [6, 6.07) is 16.7. The van der Waals surface area contributed by atoms with E-state index in [0.29, 0.717) is 22.0 Å². The molecule has 4 aromatic rings. The van der Waals surface area contributed by atoms with Gasteiger partial charge in [0.1, 0.15) is 11.0 Å². The third-order valence-electron chi connectivity index (χ3n) is 4.22. The van der Waals surface area contributed by atoms with Crippen molar-refractivity contribution in [3.63, 3.8) is 0 Å². The minimum atomic E-state index is 0.380. The van der Waals surface area contributed by atoms with Crippen molar-refractivity contribution >= 4 is 22.6 Å². The Morgan fingerprint density at radius 1 is 1.00 bits per heavy atom. The van der Waals surface area contributed by atoms with Gasteiger partial charge in [0.15, 0.2) is 11.0 Å². The molecule has 0 aliphatic carbocycles. The van der Waals surface area contributed by atoms with Gasteiger partial charge in [0.25, 0.3) is 0 Å². The number of aryl methyl sites for hydroxylation is 1. The van der Waals surface area contributed by atoms with Crippen molar-refractivity contribution in [1.82, 2.24) is 25.5 Å². The first-order valence-corrected chi connectivity index (χ1v) is 8.79. The van der Waals surface area contributed by atoms with Crippen LogP contribution in [0.2, 0.25) is 5.15 Å². The number of halogens is 1. The van der Waals surface area contributed by atoms with E-state index >= 15 is 0 Å². The molecule has 0 saturated heterocycles. The van der Waals surface area contributed by atoms with Crippen molar-refractivity contribution in [3.05, 3.63) is 76.6 Å². The zero-order chi connectivity index (χ0) is 17.9. The van der Waals surface area contributed by atoms with Crippen LogP contribution in [0.15, 0.2) is 54.7 Å². The molecule has 130 valence electrons. The topological polar surface area (TPSA) is 66.5 Å². The summed E-state index contributed by atoms with van der Waals surface area (Å²) >= 11 is 6.22. The second kappa shape index (κ2) is 7.23. The SMILES string of the molecule is Cc1ccc(CNCc2cccc(-c3nc(Cl)c4[nH]ncc4n3)c2)cc1. The normalized spacial score (nSPS) is 11.2. The molecule has 0 aliphatic rings. The minimum Gasteiger partial charge on any atom is -0.309 e. The molecule has 0 radical (unpaired) electrons. The monoisotopic (exact) mass is 363 g/mol. The van der Waals surface area contributed by atoms with Crippen LogP contribution in [0.25, 0.3) is 22.4 Å². The van der Waals surface area contributed by atoms with E-state index in [2.05, 4.69) is 68.8 Å². The van der Waals surface area contributed by atoms with Gasteiger partial charge in [0.2, 0.25) is 0 Å². The maximum atomic E-state index is 6.22. The molecule has 0 atom stereocenters. The molecule has 2 aromatic carbocycles. The molecule has 0 saturated carbocycles. The van der Waals surface area contributed by atoms with Gasteiger partial charge >= 0.3 is 0 Å². The molecule has 4 rings (SSSR count). The summed E-state index contributed by atoms with van der Waals surface area (Å²) in [5, 5.41) is 10.6. The van der Waals surface area contributed by atoms with Crippen LogP contribution in [0.1, 0.15) is 16.7 Å². The third-order valence-corrected chi connectivity index (χ3v) is 4.49. The fourth-order valence-corrected chi connectivity index (χ4v) is 3.03. The Morgan fingerprint density at radius 3 is 2.65 bits per heavy atom. The van der Waals surface area contributed by atoms with Gasteiger partial charge in [-0.05, 0) is 24.1 Å². The first kappa shape index (κ1) is 16.7. The van der Waals surface area contributed by atoms with Gasteiger partial charge in [-0.3, -0.25) is 5.10 Å². The molecule has 0 spiro atoms.